The molecule has 3 rings (SSSR count). The summed E-state index contributed by atoms with van der Waals surface area (Å²) in [6, 6.07) is 16.0. The Kier molecular flexibility index (Phi) is 17.6. The second-order valence-electron chi connectivity index (χ2n) is 13.2. The van der Waals surface area contributed by atoms with Crippen LogP contribution in [0.4, 0.5) is 9.59 Å². The molecule has 3 N–H and O–H groups in total. The first-order valence-corrected chi connectivity index (χ1v) is 18.2. The molecule has 2 aromatic rings. The first-order valence-electron chi connectivity index (χ1n) is 17.8. The van der Waals surface area contributed by atoms with Crippen molar-refractivity contribution in [1.82, 2.24) is 15.5 Å². The van der Waals surface area contributed by atoms with Gasteiger partial charge in [-0.3, -0.25) is 0 Å². The summed E-state index contributed by atoms with van der Waals surface area (Å²) in [4.78, 5) is 52.9. The summed E-state index contributed by atoms with van der Waals surface area (Å²) in [7, 11) is 1.26. The third kappa shape index (κ3) is 13.9. The Hall–Kier alpha value is -4.79. The summed E-state index contributed by atoms with van der Waals surface area (Å²) in [6.07, 6.45) is -1.25. The van der Waals surface area contributed by atoms with E-state index in [0.29, 0.717) is 40.6 Å². The van der Waals surface area contributed by atoms with Crippen LogP contribution in [0, 0.1) is 0 Å². The molecule has 0 radical (unpaired) electrons. The standard InChI is InChI=1S/C39H52ClN3O11/c1-7-51-36(46)34-31(42-26(2)32(35(45)49-6)33(34)29-17-11-12-18-30(29)40)25-50-22-19-41-37(47)52-21-14-13-20-43(38(48)54-39(3,4)5)23-27(44)24-53-28-15-9-8-10-16-28/h8-12,15-18,27,33,42,44H,7,13-14,19-25H2,1-6H3,(H,41,47). The SMILES string of the molecule is CCOC(=O)C1=C(COCCNC(=O)OCCCCN(CC(O)COc2ccccc2)C(=O)OC(C)(C)C)NC(C)=C(C(=O)OC)C1c1ccccc1Cl. The van der Waals surface area contributed by atoms with Crippen LogP contribution in [0.1, 0.15) is 58.9 Å². The van der Waals surface area contributed by atoms with E-state index in [0.717, 1.165) is 0 Å². The number of nitrogens with zero attached hydrogens (tertiary/aromatic N) is 1. The number of esters is 2. The van der Waals surface area contributed by atoms with E-state index in [1.807, 2.05) is 18.2 Å². The first-order chi connectivity index (χ1) is 25.7. The molecule has 2 amide bonds. The quantitative estimate of drug-likeness (QED) is 0.0933. The van der Waals surface area contributed by atoms with Gasteiger partial charge in [0, 0.05) is 23.8 Å². The highest BCUT2D eigenvalue weighted by molar-refractivity contribution is 6.31. The highest BCUT2D eigenvalue weighted by Gasteiger charge is 2.39. The maximum atomic E-state index is 13.3. The Bertz CT molecular complexity index is 1620. The lowest BCUT2D eigenvalue weighted by atomic mass is 9.80. The van der Waals surface area contributed by atoms with Gasteiger partial charge in [-0.15, -0.1) is 0 Å². The Balaban J connectivity index is 1.50. The van der Waals surface area contributed by atoms with E-state index in [1.54, 1.807) is 71.0 Å². The molecule has 0 fully saturated rings. The number of alkyl carbamates (subject to hydrolysis) is 1. The number of aliphatic hydroxyl groups is 1. The number of hydrogen-bond acceptors (Lipinski definition) is 12. The summed E-state index contributed by atoms with van der Waals surface area (Å²) in [5.41, 5.74) is 1.01. The van der Waals surface area contributed by atoms with Gasteiger partial charge in [0.25, 0.3) is 0 Å². The number of dihydropyridines is 1. The minimum atomic E-state index is -0.953. The minimum absolute atomic E-state index is 0.000247. The zero-order valence-electron chi connectivity index (χ0n) is 31.8. The molecule has 54 heavy (non-hydrogen) atoms. The number of rotatable bonds is 19. The number of amides is 2. The van der Waals surface area contributed by atoms with Crippen molar-refractivity contribution in [1.29, 1.82) is 0 Å². The predicted octanol–water partition coefficient (Wildman–Crippen LogP) is 5.49. The summed E-state index contributed by atoms with van der Waals surface area (Å²) in [6.45, 7) is 9.21. The van der Waals surface area contributed by atoms with E-state index in [9.17, 15) is 24.3 Å². The number of unbranched alkanes of at least 4 members (excludes halogenated alkanes) is 1. The van der Waals surface area contributed by atoms with Crippen LogP contribution in [-0.4, -0.2) is 106 Å². The average molecular weight is 774 g/mol. The van der Waals surface area contributed by atoms with Crippen LogP contribution in [0.5, 0.6) is 5.75 Å². The van der Waals surface area contributed by atoms with Crippen molar-refractivity contribution in [3.8, 4) is 5.75 Å². The van der Waals surface area contributed by atoms with Gasteiger partial charge in [0.1, 0.15) is 24.1 Å². The second-order valence-corrected chi connectivity index (χ2v) is 13.7. The van der Waals surface area contributed by atoms with Gasteiger partial charge in [-0.25, -0.2) is 19.2 Å². The fraction of sp³-hybridized carbons (Fsp3) is 0.487. The summed E-state index contributed by atoms with van der Waals surface area (Å²) in [5.74, 6) is -1.55. The van der Waals surface area contributed by atoms with Gasteiger partial charge in [-0.2, -0.15) is 0 Å². The van der Waals surface area contributed by atoms with Gasteiger partial charge in [0.2, 0.25) is 0 Å². The monoisotopic (exact) mass is 773 g/mol. The van der Waals surface area contributed by atoms with Crippen LogP contribution in [0.3, 0.4) is 0 Å². The second kappa shape index (κ2) is 21.8. The van der Waals surface area contributed by atoms with E-state index in [2.05, 4.69) is 10.6 Å². The number of aliphatic hydroxyl groups excluding tert-OH is 1. The lowest BCUT2D eigenvalue weighted by Crippen LogP contribution is -2.43. The number of hydrogen-bond donors (Lipinski definition) is 3. The maximum Gasteiger partial charge on any atom is 0.410 e. The van der Waals surface area contributed by atoms with E-state index in [1.165, 1.54) is 12.0 Å². The number of ether oxygens (including phenoxy) is 6. The maximum absolute atomic E-state index is 13.3. The van der Waals surface area contributed by atoms with Gasteiger partial charge >= 0.3 is 24.1 Å². The number of carbonyl (C=O) groups is 4. The highest BCUT2D eigenvalue weighted by Crippen LogP contribution is 2.41. The Labute approximate surface area is 321 Å². The molecule has 0 spiro atoms. The zero-order valence-corrected chi connectivity index (χ0v) is 32.5. The van der Waals surface area contributed by atoms with Crippen LogP contribution in [0.25, 0.3) is 0 Å². The van der Waals surface area contributed by atoms with Crippen LogP contribution in [-0.2, 0) is 33.3 Å². The molecule has 0 saturated heterocycles. The number of nitrogens with one attached hydrogen (secondary N) is 2. The van der Waals surface area contributed by atoms with E-state index >= 15 is 0 Å². The molecule has 15 heteroatoms. The summed E-state index contributed by atoms with van der Waals surface area (Å²) < 4.78 is 32.7. The Morgan fingerprint density at radius 1 is 0.963 bits per heavy atom. The Morgan fingerprint density at radius 2 is 1.67 bits per heavy atom. The molecular formula is C39H52ClN3O11. The third-order valence-electron chi connectivity index (χ3n) is 7.85. The van der Waals surface area contributed by atoms with Crippen molar-refractivity contribution in [3.05, 3.63) is 87.7 Å². The van der Waals surface area contributed by atoms with Crippen molar-refractivity contribution in [2.75, 3.05) is 59.8 Å². The van der Waals surface area contributed by atoms with E-state index in [-0.39, 0.29) is 63.8 Å². The molecule has 1 aliphatic heterocycles. The fourth-order valence-electron chi connectivity index (χ4n) is 5.48. The van der Waals surface area contributed by atoms with E-state index < -0.39 is 41.7 Å². The molecule has 2 unspecified atom stereocenters. The van der Waals surface area contributed by atoms with Crippen LogP contribution in [0.2, 0.25) is 5.02 Å². The smallest absolute Gasteiger partial charge is 0.410 e. The molecule has 14 nitrogen and oxygen atoms in total. The number of para-hydroxylation sites is 1. The van der Waals surface area contributed by atoms with Crippen molar-refractivity contribution >= 4 is 35.7 Å². The molecule has 0 saturated carbocycles. The molecule has 2 aromatic carbocycles. The van der Waals surface area contributed by atoms with Gasteiger partial charge < -0.3 is 49.1 Å². The van der Waals surface area contributed by atoms with Crippen LogP contribution >= 0.6 is 11.6 Å². The van der Waals surface area contributed by atoms with Crippen LogP contribution in [0.15, 0.2) is 77.1 Å². The molecule has 2 atom stereocenters. The number of allylic oxidation sites excluding steroid dienone is 1. The lowest BCUT2D eigenvalue weighted by molar-refractivity contribution is -0.139. The van der Waals surface area contributed by atoms with Gasteiger partial charge in [-0.05, 0) is 71.2 Å². The number of methoxy groups -OCH3 is 1. The van der Waals surface area contributed by atoms with Crippen molar-refractivity contribution in [3.63, 3.8) is 0 Å². The average Bonchev–Trinajstić information content (AvgIpc) is 3.12. The molecule has 0 aliphatic carbocycles. The van der Waals surface area contributed by atoms with Crippen molar-refractivity contribution < 1.29 is 52.7 Å². The number of benzene rings is 2. The summed E-state index contributed by atoms with van der Waals surface area (Å²) >= 11 is 6.55. The lowest BCUT2D eigenvalue weighted by Gasteiger charge is -2.31. The number of carbonyl (C=O) groups excluding carboxylic acids is 4. The number of halogens is 1. The highest BCUT2D eigenvalue weighted by atomic mass is 35.5. The summed E-state index contributed by atoms with van der Waals surface area (Å²) in [5, 5.41) is 16.6. The predicted molar refractivity (Wildman–Crippen MR) is 201 cm³/mol. The topological polar surface area (TPSA) is 171 Å². The Morgan fingerprint density at radius 3 is 2.33 bits per heavy atom. The van der Waals surface area contributed by atoms with Gasteiger partial charge in [0.05, 0.1) is 62.8 Å². The first kappa shape index (κ1) is 43.6. The van der Waals surface area contributed by atoms with Gasteiger partial charge in [0.15, 0.2) is 0 Å². The molecule has 1 aliphatic rings. The third-order valence-corrected chi connectivity index (χ3v) is 8.19. The molecule has 1 heterocycles. The molecular weight excluding hydrogens is 722 g/mol. The van der Waals surface area contributed by atoms with Crippen LogP contribution < -0.4 is 15.4 Å². The van der Waals surface area contributed by atoms with Gasteiger partial charge in [-0.1, -0.05) is 48.0 Å². The molecule has 0 bridgehead atoms. The molecule has 0 aromatic heterocycles. The van der Waals surface area contributed by atoms with Crippen molar-refractivity contribution in [2.24, 2.45) is 0 Å². The zero-order chi connectivity index (χ0) is 39.7. The fourth-order valence-corrected chi connectivity index (χ4v) is 5.73. The van der Waals surface area contributed by atoms with E-state index in [4.69, 9.17) is 40.0 Å². The minimum Gasteiger partial charge on any atom is -0.491 e. The normalized spacial score (nSPS) is 14.8. The van der Waals surface area contributed by atoms with Crippen molar-refractivity contribution in [2.45, 2.75) is 65.1 Å². The largest absolute Gasteiger partial charge is 0.491 e. The molecule has 296 valence electrons.